The summed E-state index contributed by atoms with van der Waals surface area (Å²) in [6, 6.07) is 5.41. The molecule has 1 aliphatic rings. The molecular weight excluding hydrogens is 224 g/mol. The van der Waals surface area contributed by atoms with Gasteiger partial charge in [-0.1, -0.05) is 5.16 Å². The van der Waals surface area contributed by atoms with Gasteiger partial charge in [-0.2, -0.15) is 0 Å². The molecule has 0 amide bonds. The average Bonchev–Trinajstić information content (AvgIpc) is 2.81. The molecule has 17 heavy (non-hydrogen) atoms. The van der Waals surface area contributed by atoms with Gasteiger partial charge in [0.1, 0.15) is 11.6 Å². The second-order valence-corrected chi connectivity index (χ2v) is 3.56. The van der Waals surface area contributed by atoms with E-state index in [0.29, 0.717) is 30.9 Å². The highest BCUT2D eigenvalue weighted by molar-refractivity contribution is 5.79. The van der Waals surface area contributed by atoms with Crippen LogP contribution in [0.25, 0.3) is 0 Å². The third-order valence-corrected chi connectivity index (χ3v) is 2.32. The molecule has 1 aromatic rings. The van der Waals surface area contributed by atoms with Crippen LogP contribution in [0, 0.1) is 0 Å². The molecule has 0 atom stereocenters. The molecule has 0 radical (unpaired) electrons. The average molecular weight is 238 g/mol. The molecule has 6 heteroatoms. The molecule has 1 aromatic carbocycles. The van der Waals surface area contributed by atoms with Crippen molar-refractivity contribution >= 4 is 5.84 Å². The van der Waals surface area contributed by atoms with Crippen molar-refractivity contribution in [3.63, 3.8) is 0 Å². The Morgan fingerprint density at radius 3 is 3.06 bits per heavy atom. The first-order chi connectivity index (χ1) is 8.29. The molecule has 6 nitrogen and oxygen atoms in total. The summed E-state index contributed by atoms with van der Waals surface area (Å²) in [4.78, 5) is 0. The molecule has 1 heterocycles. The van der Waals surface area contributed by atoms with Crippen LogP contribution >= 0.6 is 0 Å². The van der Waals surface area contributed by atoms with Gasteiger partial charge < -0.3 is 25.2 Å². The normalized spacial score (nSPS) is 13.8. The fraction of sp³-hybridized carbons (Fsp3) is 0.364. The summed E-state index contributed by atoms with van der Waals surface area (Å²) in [6.45, 7) is 0.748. The van der Waals surface area contributed by atoms with E-state index < -0.39 is 0 Å². The lowest BCUT2D eigenvalue weighted by Crippen LogP contribution is -2.12. The first-order valence-corrected chi connectivity index (χ1v) is 5.28. The van der Waals surface area contributed by atoms with E-state index in [1.54, 1.807) is 12.1 Å². The Hall–Kier alpha value is -2.11. The van der Waals surface area contributed by atoms with E-state index in [0.717, 1.165) is 5.75 Å². The Morgan fingerprint density at radius 1 is 1.41 bits per heavy atom. The molecule has 0 bridgehead atoms. The van der Waals surface area contributed by atoms with Crippen molar-refractivity contribution in [3.8, 4) is 17.2 Å². The largest absolute Gasteiger partial charge is 0.493 e. The van der Waals surface area contributed by atoms with Crippen LogP contribution in [0.2, 0.25) is 0 Å². The van der Waals surface area contributed by atoms with E-state index in [2.05, 4.69) is 5.16 Å². The number of amidine groups is 1. The number of hydrogen-bond acceptors (Lipinski definition) is 5. The summed E-state index contributed by atoms with van der Waals surface area (Å²) in [5, 5.41) is 11.2. The Labute approximate surface area is 98.6 Å². The topological polar surface area (TPSA) is 86.3 Å². The van der Waals surface area contributed by atoms with E-state index in [-0.39, 0.29) is 12.6 Å². The highest BCUT2D eigenvalue weighted by Gasteiger charge is 2.13. The Balaban J connectivity index is 1.80. The zero-order valence-electron chi connectivity index (χ0n) is 9.26. The van der Waals surface area contributed by atoms with E-state index in [4.69, 9.17) is 25.2 Å². The van der Waals surface area contributed by atoms with Gasteiger partial charge in [0, 0.05) is 12.5 Å². The number of oxime groups is 1. The molecule has 0 spiro atoms. The smallest absolute Gasteiger partial charge is 0.231 e. The first kappa shape index (κ1) is 11.4. The predicted octanol–water partition coefficient (Wildman–Crippen LogP) is 1.32. The Bertz CT molecular complexity index is 420. The Morgan fingerprint density at radius 2 is 2.24 bits per heavy atom. The highest BCUT2D eigenvalue weighted by atomic mass is 16.7. The highest BCUT2D eigenvalue weighted by Crippen LogP contribution is 2.35. The molecule has 0 saturated carbocycles. The third-order valence-electron chi connectivity index (χ3n) is 2.32. The van der Waals surface area contributed by atoms with E-state index in [9.17, 15) is 0 Å². The van der Waals surface area contributed by atoms with Crippen molar-refractivity contribution in [3.05, 3.63) is 18.2 Å². The van der Waals surface area contributed by atoms with Crippen LogP contribution in [0.4, 0.5) is 0 Å². The van der Waals surface area contributed by atoms with Crippen LogP contribution in [0.1, 0.15) is 12.8 Å². The van der Waals surface area contributed by atoms with E-state index in [1.165, 1.54) is 0 Å². The molecule has 0 aliphatic carbocycles. The van der Waals surface area contributed by atoms with Gasteiger partial charge in [0.15, 0.2) is 11.5 Å². The number of ether oxygens (including phenoxy) is 3. The molecule has 0 saturated heterocycles. The molecular formula is C11H14N2O4. The van der Waals surface area contributed by atoms with Crippen LogP contribution in [0.5, 0.6) is 17.2 Å². The standard InChI is InChI=1S/C11H14N2O4/c12-11(13-14)2-1-5-15-8-3-4-9-10(6-8)17-7-16-9/h3-4,6,14H,1-2,5,7H2,(H2,12,13). The maximum absolute atomic E-state index is 8.35. The lowest BCUT2D eigenvalue weighted by atomic mass is 10.3. The number of hydrogen-bond donors (Lipinski definition) is 2. The second kappa shape index (κ2) is 5.29. The summed E-state index contributed by atoms with van der Waals surface area (Å²) in [6.07, 6.45) is 1.19. The third kappa shape index (κ3) is 2.93. The Kier molecular flexibility index (Phi) is 3.54. The van der Waals surface area contributed by atoms with Gasteiger partial charge in [0.25, 0.3) is 0 Å². The molecule has 0 unspecified atom stereocenters. The van der Waals surface area contributed by atoms with Crippen LogP contribution in [-0.2, 0) is 0 Å². The summed E-state index contributed by atoms with van der Waals surface area (Å²) in [7, 11) is 0. The SMILES string of the molecule is N/C(CCCOc1ccc2c(c1)OCO2)=N\O. The van der Waals surface area contributed by atoms with Gasteiger partial charge in [0.05, 0.1) is 6.61 Å². The van der Waals surface area contributed by atoms with Crippen molar-refractivity contribution < 1.29 is 19.4 Å². The van der Waals surface area contributed by atoms with Gasteiger partial charge in [-0.05, 0) is 18.6 Å². The fourth-order valence-electron chi connectivity index (χ4n) is 1.46. The number of fused-ring (bicyclic) bond motifs is 1. The van der Waals surface area contributed by atoms with Crippen molar-refractivity contribution in [2.24, 2.45) is 10.9 Å². The maximum atomic E-state index is 8.35. The predicted molar refractivity (Wildman–Crippen MR) is 60.7 cm³/mol. The summed E-state index contributed by atoms with van der Waals surface area (Å²) >= 11 is 0. The zero-order valence-corrected chi connectivity index (χ0v) is 9.26. The minimum atomic E-state index is 0.208. The quantitative estimate of drug-likeness (QED) is 0.265. The number of benzene rings is 1. The van der Waals surface area contributed by atoms with Gasteiger partial charge in [0.2, 0.25) is 6.79 Å². The van der Waals surface area contributed by atoms with Crippen LogP contribution in [0.3, 0.4) is 0 Å². The molecule has 92 valence electrons. The molecule has 1 aliphatic heterocycles. The van der Waals surface area contributed by atoms with Crippen LogP contribution in [-0.4, -0.2) is 24.4 Å². The molecule has 3 N–H and O–H groups in total. The monoisotopic (exact) mass is 238 g/mol. The van der Waals surface area contributed by atoms with E-state index in [1.807, 2.05) is 6.07 Å². The van der Waals surface area contributed by atoms with Crippen molar-refractivity contribution in [1.29, 1.82) is 0 Å². The van der Waals surface area contributed by atoms with Gasteiger partial charge in [-0.15, -0.1) is 0 Å². The first-order valence-electron chi connectivity index (χ1n) is 5.28. The second-order valence-electron chi connectivity index (χ2n) is 3.56. The minimum absolute atomic E-state index is 0.208. The summed E-state index contributed by atoms with van der Waals surface area (Å²) in [5.74, 6) is 2.35. The van der Waals surface area contributed by atoms with Gasteiger partial charge >= 0.3 is 0 Å². The van der Waals surface area contributed by atoms with Crippen molar-refractivity contribution in [2.45, 2.75) is 12.8 Å². The molecule has 0 fully saturated rings. The summed E-state index contributed by atoms with van der Waals surface area (Å²) in [5.41, 5.74) is 5.33. The molecule has 0 aromatic heterocycles. The van der Waals surface area contributed by atoms with Gasteiger partial charge in [-0.3, -0.25) is 0 Å². The number of nitrogens with zero attached hydrogens (tertiary/aromatic N) is 1. The zero-order chi connectivity index (χ0) is 12.1. The summed E-state index contributed by atoms with van der Waals surface area (Å²) < 4.78 is 15.9. The fourth-order valence-corrected chi connectivity index (χ4v) is 1.46. The van der Waals surface area contributed by atoms with Crippen molar-refractivity contribution in [2.75, 3.05) is 13.4 Å². The number of nitrogens with two attached hydrogens (primary N) is 1. The van der Waals surface area contributed by atoms with Crippen LogP contribution in [0.15, 0.2) is 23.4 Å². The van der Waals surface area contributed by atoms with Gasteiger partial charge in [-0.25, -0.2) is 0 Å². The molecule has 2 rings (SSSR count). The van der Waals surface area contributed by atoms with E-state index >= 15 is 0 Å². The lowest BCUT2D eigenvalue weighted by Gasteiger charge is -2.06. The minimum Gasteiger partial charge on any atom is -0.493 e. The maximum Gasteiger partial charge on any atom is 0.231 e. The van der Waals surface area contributed by atoms with Crippen molar-refractivity contribution in [1.82, 2.24) is 0 Å². The lowest BCUT2D eigenvalue weighted by molar-refractivity contribution is 0.173. The van der Waals surface area contributed by atoms with Crippen LogP contribution < -0.4 is 19.9 Å². The number of rotatable bonds is 5.